The average molecular weight is 373 g/mol. The summed E-state index contributed by atoms with van der Waals surface area (Å²) in [5.41, 5.74) is 3.34. The molecule has 2 aromatic carbocycles. The first-order valence-electron chi connectivity index (χ1n) is 8.96. The molecule has 4 rings (SSSR count). The van der Waals surface area contributed by atoms with E-state index in [0.717, 1.165) is 22.6 Å². The first-order chi connectivity index (χ1) is 13.8. The SMILES string of the molecule is CCOc1nc(-c2ccccc2)ccc1-c1noc(-c2ccc(OC)cc2)n1. The van der Waals surface area contributed by atoms with E-state index >= 15 is 0 Å². The van der Waals surface area contributed by atoms with E-state index in [1.807, 2.05) is 73.7 Å². The van der Waals surface area contributed by atoms with Crippen molar-refractivity contribution in [2.45, 2.75) is 6.92 Å². The molecule has 0 unspecified atom stereocenters. The standard InChI is InChI=1S/C22H19N3O3/c1-3-27-22-18(13-14-19(23-22)15-7-5-4-6-8-15)20-24-21(28-25-20)16-9-11-17(26-2)12-10-16/h4-14H,3H2,1-2H3. The lowest BCUT2D eigenvalue weighted by Crippen LogP contribution is -1.99. The average Bonchev–Trinajstić information content (AvgIpc) is 3.25. The highest BCUT2D eigenvalue weighted by molar-refractivity contribution is 5.69. The minimum Gasteiger partial charge on any atom is -0.497 e. The van der Waals surface area contributed by atoms with Gasteiger partial charge < -0.3 is 14.0 Å². The molecule has 0 atom stereocenters. The summed E-state index contributed by atoms with van der Waals surface area (Å²) in [5.74, 6) is 2.10. The van der Waals surface area contributed by atoms with Crippen molar-refractivity contribution >= 4 is 0 Å². The molecule has 0 aliphatic carbocycles. The van der Waals surface area contributed by atoms with Crippen LogP contribution in [0, 0.1) is 0 Å². The number of nitrogens with zero attached hydrogens (tertiary/aromatic N) is 3. The Bertz CT molecular complexity index is 1060. The van der Waals surface area contributed by atoms with Crippen LogP contribution in [0.2, 0.25) is 0 Å². The van der Waals surface area contributed by atoms with Crippen LogP contribution in [0.4, 0.5) is 0 Å². The van der Waals surface area contributed by atoms with Crippen molar-refractivity contribution in [3.8, 4) is 45.7 Å². The van der Waals surface area contributed by atoms with Crippen LogP contribution in [-0.4, -0.2) is 28.8 Å². The maximum Gasteiger partial charge on any atom is 0.258 e. The summed E-state index contributed by atoms with van der Waals surface area (Å²) in [4.78, 5) is 9.17. The van der Waals surface area contributed by atoms with Gasteiger partial charge in [-0.15, -0.1) is 0 Å². The van der Waals surface area contributed by atoms with E-state index in [-0.39, 0.29) is 0 Å². The Hall–Kier alpha value is -3.67. The predicted octanol–water partition coefficient (Wildman–Crippen LogP) is 4.87. The van der Waals surface area contributed by atoms with Crippen LogP contribution < -0.4 is 9.47 Å². The van der Waals surface area contributed by atoms with Crippen LogP contribution in [0.15, 0.2) is 71.3 Å². The van der Waals surface area contributed by atoms with Gasteiger partial charge in [0, 0.05) is 11.1 Å². The number of rotatable bonds is 6. The normalized spacial score (nSPS) is 10.6. The van der Waals surface area contributed by atoms with Gasteiger partial charge in [-0.2, -0.15) is 4.98 Å². The lowest BCUT2D eigenvalue weighted by Gasteiger charge is -2.09. The highest BCUT2D eigenvalue weighted by Crippen LogP contribution is 2.31. The van der Waals surface area contributed by atoms with Crippen molar-refractivity contribution in [3.63, 3.8) is 0 Å². The quantitative estimate of drug-likeness (QED) is 0.480. The van der Waals surface area contributed by atoms with Gasteiger partial charge >= 0.3 is 0 Å². The molecule has 4 aromatic rings. The van der Waals surface area contributed by atoms with Gasteiger partial charge in [0.1, 0.15) is 5.75 Å². The number of benzene rings is 2. The summed E-state index contributed by atoms with van der Waals surface area (Å²) in [6.45, 7) is 2.40. The van der Waals surface area contributed by atoms with E-state index in [0.29, 0.717) is 29.8 Å². The van der Waals surface area contributed by atoms with Gasteiger partial charge in [0.15, 0.2) is 0 Å². The summed E-state index contributed by atoms with van der Waals surface area (Å²) in [5, 5.41) is 4.11. The fraction of sp³-hybridized carbons (Fsp3) is 0.136. The fourth-order valence-corrected chi connectivity index (χ4v) is 2.81. The third kappa shape index (κ3) is 3.57. The predicted molar refractivity (Wildman–Crippen MR) is 106 cm³/mol. The van der Waals surface area contributed by atoms with Gasteiger partial charge in [-0.05, 0) is 43.3 Å². The molecule has 0 spiro atoms. The molecule has 0 aliphatic heterocycles. The lowest BCUT2D eigenvalue weighted by molar-refractivity contribution is 0.328. The lowest BCUT2D eigenvalue weighted by atomic mass is 10.1. The topological polar surface area (TPSA) is 70.3 Å². The highest BCUT2D eigenvalue weighted by atomic mass is 16.5. The zero-order chi connectivity index (χ0) is 19.3. The Kier molecular flexibility index (Phi) is 5.01. The van der Waals surface area contributed by atoms with Crippen molar-refractivity contribution in [2.24, 2.45) is 0 Å². The van der Waals surface area contributed by atoms with Gasteiger partial charge in [0.25, 0.3) is 5.89 Å². The molecule has 0 aliphatic rings. The van der Waals surface area contributed by atoms with Gasteiger partial charge in [-0.25, -0.2) is 4.98 Å². The summed E-state index contributed by atoms with van der Waals surface area (Å²) in [6.07, 6.45) is 0. The van der Waals surface area contributed by atoms with E-state index in [1.165, 1.54) is 0 Å². The van der Waals surface area contributed by atoms with Gasteiger partial charge in [0.2, 0.25) is 11.7 Å². The number of methoxy groups -OCH3 is 1. The largest absolute Gasteiger partial charge is 0.497 e. The second-order valence-corrected chi connectivity index (χ2v) is 6.00. The van der Waals surface area contributed by atoms with Gasteiger partial charge in [0.05, 0.1) is 25.0 Å². The summed E-state index contributed by atoms with van der Waals surface area (Å²) < 4.78 is 16.4. The molecule has 0 saturated carbocycles. The molecule has 0 saturated heterocycles. The molecule has 0 radical (unpaired) electrons. The van der Waals surface area contributed by atoms with Crippen LogP contribution in [0.1, 0.15) is 6.92 Å². The van der Waals surface area contributed by atoms with Crippen molar-refractivity contribution < 1.29 is 14.0 Å². The molecule has 2 heterocycles. The number of ether oxygens (including phenoxy) is 2. The first-order valence-corrected chi connectivity index (χ1v) is 8.96. The smallest absolute Gasteiger partial charge is 0.258 e. The maximum absolute atomic E-state index is 5.75. The molecule has 0 amide bonds. The highest BCUT2D eigenvalue weighted by Gasteiger charge is 2.17. The molecule has 6 heteroatoms. The van der Waals surface area contributed by atoms with E-state index in [2.05, 4.69) is 15.1 Å². The van der Waals surface area contributed by atoms with Gasteiger partial charge in [-0.1, -0.05) is 35.5 Å². The minimum absolute atomic E-state index is 0.423. The molecule has 0 fully saturated rings. The van der Waals surface area contributed by atoms with Crippen molar-refractivity contribution in [3.05, 3.63) is 66.7 Å². The molecule has 0 bridgehead atoms. The van der Waals surface area contributed by atoms with Crippen LogP contribution in [0.5, 0.6) is 11.6 Å². The van der Waals surface area contributed by atoms with E-state index in [1.54, 1.807) is 7.11 Å². The van der Waals surface area contributed by atoms with Crippen molar-refractivity contribution in [1.82, 2.24) is 15.1 Å². The summed E-state index contributed by atoms with van der Waals surface area (Å²) in [7, 11) is 1.63. The fourth-order valence-electron chi connectivity index (χ4n) is 2.81. The van der Waals surface area contributed by atoms with Crippen LogP contribution in [-0.2, 0) is 0 Å². The van der Waals surface area contributed by atoms with E-state index < -0.39 is 0 Å². The third-order valence-electron chi connectivity index (χ3n) is 4.21. The van der Waals surface area contributed by atoms with Crippen LogP contribution in [0.3, 0.4) is 0 Å². The second-order valence-electron chi connectivity index (χ2n) is 6.00. The van der Waals surface area contributed by atoms with Crippen LogP contribution >= 0.6 is 0 Å². The molecule has 6 nitrogen and oxygen atoms in total. The van der Waals surface area contributed by atoms with E-state index in [4.69, 9.17) is 14.0 Å². The monoisotopic (exact) mass is 373 g/mol. The number of hydrogen-bond donors (Lipinski definition) is 0. The zero-order valence-corrected chi connectivity index (χ0v) is 15.6. The summed E-state index contributed by atoms with van der Waals surface area (Å²) >= 11 is 0. The van der Waals surface area contributed by atoms with Crippen molar-refractivity contribution in [2.75, 3.05) is 13.7 Å². The Labute approximate surface area is 162 Å². The Morgan fingerprint density at radius 1 is 0.857 bits per heavy atom. The molecular formula is C22H19N3O3. The van der Waals surface area contributed by atoms with Crippen LogP contribution in [0.25, 0.3) is 34.1 Å². The molecular weight excluding hydrogens is 354 g/mol. The zero-order valence-electron chi connectivity index (χ0n) is 15.6. The number of hydrogen-bond acceptors (Lipinski definition) is 6. The first kappa shape index (κ1) is 17.7. The molecule has 0 N–H and O–H groups in total. The molecule has 2 aromatic heterocycles. The second kappa shape index (κ2) is 7.92. The minimum atomic E-state index is 0.423. The number of pyridine rings is 1. The Morgan fingerprint density at radius 2 is 1.64 bits per heavy atom. The van der Waals surface area contributed by atoms with Gasteiger partial charge in [-0.3, -0.25) is 0 Å². The Morgan fingerprint density at radius 3 is 2.36 bits per heavy atom. The van der Waals surface area contributed by atoms with E-state index in [9.17, 15) is 0 Å². The molecule has 140 valence electrons. The van der Waals surface area contributed by atoms with Crippen molar-refractivity contribution in [1.29, 1.82) is 0 Å². The molecule has 28 heavy (non-hydrogen) atoms. The maximum atomic E-state index is 5.75. The summed E-state index contributed by atoms with van der Waals surface area (Å²) in [6, 6.07) is 21.2. The Balaban J connectivity index is 1.69. The third-order valence-corrected chi connectivity index (χ3v) is 4.21. The number of aromatic nitrogens is 3.